The first-order valence-corrected chi connectivity index (χ1v) is 5.92. The molecule has 0 aliphatic heterocycles. The van der Waals surface area contributed by atoms with E-state index >= 15 is 0 Å². The molecular formula is C10H19N3O8. The quantitative estimate of drug-likeness (QED) is 0.174. The van der Waals surface area contributed by atoms with Gasteiger partial charge in [-0.15, -0.1) is 0 Å². The molecule has 0 aromatic carbocycles. The summed E-state index contributed by atoms with van der Waals surface area (Å²) in [5, 5.41) is 48.4. The molecule has 21 heavy (non-hydrogen) atoms. The molecule has 0 heterocycles. The maximum absolute atomic E-state index is 10.9. The predicted octanol–water partition coefficient (Wildman–Crippen LogP) is -3.82. The number of aliphatic carboxylic acids is 3. The summed E-state index contributed by atoms with van der Waals surface area (Å²) in [5.41, 5.74) is 5.20. The highest BCUT2D eigenvalue weighted by Gasteiger charge is 2.25. The Morgan fingerprint density at radius 2 is 1.33 bits per heavy atom. The molecule has 3 atom stereocenters. The number of nitrogens with two attached hydrogens (primary N) is 1. The summed E-state index contributed by atoms with van der Waals surface area (Å²) in [6.07, 6.45) is -2.40. The number of hydrogen-bond donors (Lipinski definition) is 8. The van der Waals surface area contributed by atoms with Crippen LogP contribution in [0.15, 0.2) is 0 Å². The molecule has 0 spiro atoms. The zero-order chi connectivity index (χ0) is 16.6. The normalized spacial score (nSPS) is 15.4. The lowest BCUT2D eigenvalue weighted by Gasteiger charge is -2.20. The fraction of sp³-hybridized carbons (Fsp3) is 0.700. The van der Waals surface area contributed by atoms with Crippen LogP contribution in [0.1, 0.15) is 6.42 Å². The minimum absolute atomic E-state index is 0.325. The second kappa shape index (κ2) is 9.20. The van der Waals surface area contributed by atoms with Gasteiger partial charge in [-0.2, -0.15) is 0 Å². The number of hydrogen-bond acceptors (Lipinski definition) is 8. The van der Waals surface area contributed by atoms with Gasteiger partial charge in [0.1, 0.15) is 18.1 Å². The van der Waals surface area contributed by atoms with Crippen LogP contribution in [0.25, 0.3) is 0 Å². The van der Waals surface area contributed by atoms with E-state index in [1.54, 1.807) is 0 Å². The van der Waals surface area contributed by atoms with E-state index in [4.69, 9.17) is 31.3 Å². The number of nitrogens with one attached hydrogen (secondary N) is 2. The van der Waals surface area contributed by atoms with Crippen LogP contribution in [0.4, 0.5) is 0 Å². The topological polar surface area (TPSA) is 202 Å². The van der Waals surface area contributed by atoms with E-state index < -0.39 is 48.7 Å². The Kier molecular flexibility index (Phi) is 8.42. The van der Waals surface area contributed by atoms with Crippen LogP contribution in [-0.4, -0.2) is 80.9 Å². The fourth-order valence-electron chi connectivity index (χ4n) is 1.35. The smallest absolute Gasteiger partial charge is 0.322 e. The average molecular weight is 309 g/mol. The van der Waals surface area contributed by atoms with Crippen molar-refractivity contribution < 1.29 is 39.9 Å². The van der Waals surface area contributed by atoms with Crippen molar-refractivity contribution in [3.05, 3.63) is 0 Å². The molecule has 0 bridgehead atoms. The minimum atomic E-state index is -1.87. The van der Waals surface area contributed by atoms with Crippen LogP contribution in [-0.2, 0) is 14.4 Å². The largest absolute Gasteiger partial charge is 0.480 e. The van der Waals surface area contributed by atoms with Gasteiger partial charge >= 0.3 is 17.9 Å². The highest BCUT2D eigenvalue weighted by Crippen LogP contribution is 1.97. The van der Waals surface area contributed by atoms with Crippen molar-refractivity contribution >= 4 is 17.9 Å². The van der Waals surface area contributed by atoms with Crippen molar-refractivity contribution in [3.63, 3.8) is 0 Å². The lowest BCUT2D eigenvalue weighted by Crippen LogP contribution is -2.53. The predicted molar refractivity (Wildman–Crippen MR) is 67.3 cm³/mol. The first-order valence-electron chi connectivity index (χ1n) is 5.92. The maximum atomic E-state index is 10.9. The van der Waals surface area contributed by atoms with E-state index in [0.717, 1.165) is 0 Å². The number of carbonyl (C=O) groups is 3. The lowest BCUT2D eigenvalue weighted by molar-refractivity contribution is -0.144. The van der Waals surface area contributed by atoms with Gasteiger partial charge in [0, 0.05) is 19.5 Å². The summed E-state index contributed by atoms with van der Waals surface area (Å²) >= 11 is 0. The molecule has 9 N–H and O–H groups in total. The molecule has 0 saturated carbocycles. The van der Waals surface area contributed by atoms with Gasteiger partial charge in [0.05, 0.1) is 0 Å². The summed E-state index contributed by atoms with van der Waals surface area (Å²) in [7, 11) is 0. The van der Waals surface area contributed by atoms with Crippen LogP contribution in [0.2, 0.25) is 0 Å². The zero-order valence-electron chi connectivity index (χ0n) is 11.0. The minimum Gasteiger partial charge on any atom is -0.480 e. The monoisotopic (exact) mass is 309 g/mol. The summed E-state index contributed by atoms with van der Waals surface area (Å²) < 4.78 is 0. The van der Waals surface area contributed by atoms with E-state index in [0.29, 0.717) is 0 Å². The first-order chi connectivity index (χ1) is 9.65. The van der Waals surface area contributed by atoms with Crippen molar-refractivity contribution in [1.29, 1.82) is 0 Å². The van der Waals surface area contributed by atoms with Crippen LogP contribution < -0.4 is 16.4 Å². The van der Waals surface area contributed by atoms with Crippen molar-refractivity contribution in [2.24, 2.45) is 5.73 Å². The number of aliphatic hydroxyl groups is 2. The van der Waals surface area contributed by atoms with Gasteiger partial charge in [-0.1, -0.05) is 0 Å². The Balaban J connectivity index is 4.46. The second-order valence-corrected chi connectivity index (χ2v) is 4.26. The van der Waals surface area contributed by atoms with E-state index in [2.05, 4.69) is 10.6 Å². The highest BCUT2D eigenvalue weighted by atomic mass is 16.5. The molecule has 0 aromatic heterocycles. The fourth-order valence-corrected chi connectivity index (χ4v) is 1.35. The van der Waals surface area contributed by atoms with Crippen molar-refractivity contribution in [1.82, 2.24) is 10.6 Å². The summed E-state index contributed by atoms with van der Waals surface area (Å²) in [5.74, 6) is -4.03. The van der Waals surface area contributed by atoms with Crippen molar-refractivity contribution in [2.75, 3.05) is 13.1 Å². The summed E-state index contributed by atoms with van der Waals surface area (Å²) in [4.78, 5) is 32.3. The van der Waals surface area contributed by atoms with Crippen molar-refractivity contribution in [2.45, 2.75) is 30.8 Å². The molecule has 0 fully saturated rings. The molecule has 0 rings (SSSR count). The molecule has 0 aliphatic rings. The third-order valence-corrected chi connectivity index (χ3v) is 2.51. The molecule has 0 radical (unpaired) electrons. The number of rotatable bonds is 11. The van der Waals surface area contributed by atoms with Crippen LogP contribution in [0, 0.1) is 0 Å². The summed E-state index contributed by atoms with van der Waals surface area (Å²) in [6, 6.07) is -3.95. The van der Waals surface area contributed by atoms with Crippen molar-refractivity contribution in [3.8, 4) is 0 Å². The molecular weight excluding hydrogens is 290 g/mol. The maximum Gasteiger partial charge on any atom is 0.322 e. The van der Waals surface area contributed by atoms with E-state index in [1.807, 2.05) is 0 Å². The van der Waals surface area contributed by atoms with Gasteiger partial charge in [0.25, 0.3) is 0 Å². The van der Waals surface area contributed by atoms with Crippen LogP contribution >= 0.6 is 0 Å². The van der Waals surface area contributed by atoms with E-state index in [-0.39, 0.29) is 13.1 Å². The Bertz CT molecular complexity index is 375. The van der Waals surface area contributed by atoms with Gasteiger partial charge in [0.2, 0.25) is 0 Å². The molecule has 0 amide bonds. The van der Waals surface area contributed by atoms with E-state index in [9.17, 15) is 14.4 Å². The molecule has 0 unspecified atom stereocenters. The van der Waals surface area contributed by atoms with Gasteiger partial charge in [0.15, 0.2) is 6.29 Å². The number of carboxylic acid groups (broad SMARTS) is 3. The van der Waals surface area contributed by atoms with Gasteiger partial charge < -0.3 is 41.9 Å². The van der Waals surface area contributed by atoms with Crippen LogP contribution in [0.5, 0.6) is 0 Å². The van der Waals surface area contributed by atoms with Gasteiger partial charge in [-0.3, -0.25) is 14.4 Å². The number of aliphatic hydroxyl groups excluding tert-OH is 1. The first kappa shape index (κ1) is 19.2. The third-order valence-electron chi connectivity index (χ3n) is 2.51. The molecule has 11 heteroatoms. The third kappa shape index (κ3) is 8.16. The highest BCUT2D eigenvalue weighted by molar-refractivity contribution is 5.76. The van der Waals surface area contributed by atoms with Gasteiger partial charge in [-0.05, 0) is 0 Å². The zero-order valence-corrected chi connectivity index (χ0v) is 11.0. The van der Waals surface area contributed by atoms with Gasteiger partial charge in [-0.25, -0.2) is 0 Å². The Morgan fingerprint density at radius 1 is 0.857 bits per heavy atom. The SMILES string of the molecule is N[C@@H](CN[C@@H](CN[C@@H](CC(O)O)C(=O)O)C(=O)O)C(=O)O. The molecule has 122 valence electrons. The Hall–Kier alpha value is -1.79. The summed E-state index contributed by atoms with van der Waals surface area (Å²) in [6.45, 7) is -0.695. The Labute approximate surface area is 119 Å². The second-order valence-electron chi connectivity index (χ2n) is 4.26. The molecule has 11 nitrogen and oxygen atoms in total. The standard InChI is InChI=1S/C10H19N3O8/c11-4(8(16)17)2-12-6(10(20)21)3-13-5(9(18)19)1-7(14)15/h4-7,12-15H,1-3,11H2,(H,16,17)(H,18,19)(H,20,21)/t4-,5-,6-/m0/s1. The van der Waals surface area contributed by atoms with Crippen LogP contribution in [0.3, 0.4) is 0 Å². The molecule has 0 aliphatic carbocycles. The average Bonchev–Trinajstić information content (AvgIpc) is 2.35. The Morgan fingerprint density at radius 3 is 1.71 bits per heavy atom. The van der Waals surface area contributed by atoms with E-state index in [1.165, 1.54) is 0 Å². The number of carboxylic acids is 3. The molecule has 0 saturated heterocycles. The lowest BCUT2D eigenvalue weighted by atomic mass is 10.1. The molecule has 0 aromatic rings.